The molecular weight excluding hydrogens is 627 g/mol. The lowest BCUT2D eigenvalue weighted by Crippen LogP contribution is -1.99. The highest BCUT2D eigenvalue weighted by molar-refractivity contribution is 6.21. The quantitative estimate of drug-likeness (QED) is 0.173. The third-order valence-electron chi connectivity index (χ3n) is 10.8. The molecule has 0 aliphatic carbocycles. The van der Waals surface area contributed by atoms with E-state index >= 15 is 0 Å². The van der Waals surface area contributed by atoms with Gasteiger partial charge in [0.1, 0.15) is 0 Å². The van der Waals surface area contributed by atoms with E-state index < -0.39 is 0 Å². The highest BCUT2D eigenvalue weighted by Crippen LogP contribution is 2.48. The van der Waals surface area contributed by atoms with E-state index in [0.717, 1.165) is 5.69 Å². The SMILES string of the molecule is Cc1c(-c2ccccc2)cc(-c2cccc(-n3c4ccccc4c4c5ccccc5ccc43)c2)c(-c2ccccc2)c1-c1cccc2ccccc12. The molecule has 1 heteroatoms. The van der Waals surface area contributed by atoms with Crippen molar-refractivity contribution in [3.8, 4) is 50.2 Å². The van der Waals surface area contributed by atoms with E-state index in [1.165, 1.54) is 93.4 Å². The van der Waals surface area contributed by atoms with Gasteiger partial charge >= 0.3 is 0 Å². The molecule has 0 saturated carbocycles. The fourth-order valence-electron chi connectivity index (χ4n) is 8.44. The molecule has 0 saturated heterocycles. The first kappa shape index (κ1) is 30.2. The predicted octanol–water partition coefficient (Wildman–Crippen LogP) is 14.1. The summed E-state index contributed by atoms with van der Waals surface area (Å²) in [6, 6.07) is 71.0. The Morgan fingerprint density at radius 3 is 1.73 bits per heavy atom. The highest BCUT2D eigenvalue weighted by Gasteiger charge is 2.22. The van der Waals surface area contributed by atoms with Gasteiger partial charge in [-0.2, -0.15) is 0 Å². The van der Waals surface area contributed by atoms with Crippen molar-refractivity contribution in [2.24, 2.45) is 0 Å². The lowest BCUT2D eigenvalue weighted by Gasteiger charge is -2.23. The van der Waals surface area contributed by atoms with E-state index in [9.17, 15) is 0 Å². The van der Waals surface area contributed by atoms with Crippen molar-refractivity contribution in [1.29, 1.82) is 0 Å². The summed E-state index contributed by atoms with van der Waals surface area (Å²) in [5.74, 6) is 0. The zero-order chi connectivity index (χ0) is 34.6. The number of hydrogen-bond donors (Lipinski definition) is 0. The van der Waals surface area contributed by atoms with Gasteiger partial charge in [-0.3, -0.25) is 0 Å². The Hall–Kier alpha value is -6.70. The number of para-hydroxylation sites is 1. The second-order valence-corrected chi connectivity index (χ2v) is 13.7. The van der Waals surface area contributed by atoms with Crippen molar-refractivity contribution in [2.45, 2.75) is 6.92 Å². The first-order valence-electron chi connectivity index (χ1n) is 18.0. The van der Waals surface area contributed by atoms with Gasteiger partial charge in [0.05, 0.1) is 11.0 Å². The van der Waals surface area contributed by atoms with Gasteiger partial charge in [0, 0.05) is 16.5 Å². The number of benzene rings is 9. The van der Waals surface area contributed by atoms with E-state index in [1.807, 2.05) is 0 Å². The van der Waals surface area contributed by atoms with Gasteiger partial charge in [-0.05, 0) is 109 Å². The van der Waals surface area contributed by atoms with Crippen molar-refractivity contribution >= 4 is 43.4 Å². The van der Waals surface area contributed by atoms with Gasteiger partial charge in [-0.1, -0.05) is 164 Å². The summed E-state index contributed by atoms with van der Waals surface area (Å²) >= 11 is 0. The number of aromatic nitrogens is 1. The van der Waals surface area contributed by atoms with Gasteiger partial charge in [-0.15, -0.1) is 0 Å². The van der Waals surface area contributed by atoms with Gasteiger partial charge in [0.15, 0.2) is 0 Å². The maximum absolute atomic E-state index is 2.45. The van der Waals surface area contributed by atoms with E-state index in [2.05, 4.69) is 206 Å². The molecule has 244 valence electrons. The Bertz CT molecular complexity index is 2940. The monoisotopic (exact) mass is 661 g/mol. The van der Waals surface area contributed by atoms with E-state index in [0.29, 0.717) is 0 Å². The van der Waals surface area contributed by atoms with Crippen LogP contribution in [-0.2, 0) is 0 Å². The van der Waals surface area contributed by atoms with Crippen molar-refractivity contribution in [3.63, 3.8) is 0 Å². The zero-order valence-electron chi connectivity index (χ0n) is 28.9. The summed E-state index contributed by atoms with van der Waals surface area (Å²) in [7, 11) is 0. The molecule has 1 nitrogen and oxygen atoms in total. The molecule has 10 aromatic rings. The molecule has 0 fully saturated rings. The molecular formula is C51H35N. The van der Waals surface area contributed by atoms with Crippen LogP contribution >= 0.6 is 0 Å². The second-order valence-electron chi connectivity index (χ2n) is 13.7. The van der Waals surface area contributed by atoms with E-state index in [-0.39, 0.29) is 0 Å². The molecule has 1 aromatic heterocycles. The molecule has 10 rings (SSSR count). The molecule has 1 heterocycles. The zero-order valence-corrected chi connectivity index (χ0v) is 28.9. The first-order valence-corrected chi connectivity index (χ1v) is 18.0. The van der Waals surface area contributed by atoms with Crippen LogP contribution in [-0.4, -0.2) is 4.57 Å². The largest absolute Gasteiger partial charge is 0.309 e. The summed E-state index contributed by atoms with van der Waals surface area (Å²) in [6.07, 6.45) is 0. The van der Waals surface area contributed by atoms with Crippen LogP contribution in [0.4, 0.5) is 0 Å². The number of fused-ring (bicyclic) bond motifs is 6. The van der Waals surface area contributed by atoms with Crippen LogP contribution in [0, 0.1) is 6.92 Å². The topological polar surface area (TPSA) is 4.93 Å². The van der Waals surface area contributed by atoms with Crippen LogP contribution in [0.3, 0.4) is 0 Å². The number of hydrogen-bond acceptors (Lipinski definition) is 0. The minimum Gasteiger partial charge on any atom is -0.309 e. The Labute approximate surface area is 303 Å². The molecule has 0 aliphatic rings. The molecule has 0 N–H and O–H groups in total. The molecule has 9 aromatic carbocycles. The summed E-state index contributed by atoms with van der Waals surface area (Å²) in [6.45, 7) is 2.30. The molecule has 0 unspecified atom stereocenters. The lowest BCUT2D eigenvalue weighted by molar-refractivity contribution is 1.18. The molecule has 0 bridgehead atoms. The van der Waals surface area contributed by atoms with Crippen molar-refractivity contribution in [1.82, 2.24) is 4.57 Å². The summed E-state index contributed by atoms with van der Waals surface area (Å²) in [5.41, 5.74) is 14.7. The fourth-order valence-corrected chi connectivity index (χ4v) is 8.44. The first-order chi connectivity index (χ1) is 25.7. The highest BCUT2D eigenvalue weighted by atomic mass is 15.0. The summed E-state index contributed by atoms with van der Waals surface area (Å²) in [5, 5.41) is 7.60. The molecule has 52 heavy (non-hydrogen) atoms. The average molecular weight is 662 g/mol. The van der Waals surface area contributed by atoms with Crippen LogP contribution in [0.15, 0.2) is 194 Å². The van der Waals surface area contributed by atoms with Crippen LogP contribution in [0.1, 0.15) is 5.56 Å². The van der Waals surface area contributed by atoms with Crippen molar-refractivity contribution in [3.05, 3.63) is 200 Å². The predicted molar refractivity (Wildman–Crippen MR) is 222 cm³/mol. The minimum atomic E-state index is 1.14. The lowest BCUT2D eigenvalue weighted by atomic mass is 9.80. The maximum Gasteiger partial charge on any atom is 0.0547 e. The standard InChI is InChI=1S/C51H35N/c1-34-45(36-16-4-2-5-17-36)33-46(50(38-20-6-3-7-21-38)49(34)43-28-15-22-35-18-8-10-25-41(35)43)39-23-14-24-40(32-39)52-47-29-13-12-27-44(47)51-42-26-11-9-19-37(42)30-31-48(51)52/h2-33H,1H3. The third kappa shape index (κ3) is 4.78. The van der Waals surface area contributed by atoms with Crippen molar-refractivity contribution in [2.75, 3.05) is 0 Å². The van der Waals surface area contributed by atoms with Gasteiger partial charge < -0.3 is 4.57 Å². The van der Waals surface area contributed by atoms with Crippen LogP contribution in [0.5, 0.6) is 0 Å². The number of rotatable bonds is 5. The van der Waals surface area contributed by atoms with Crippen LogP contribution in [0.2, 0.25) is 0 Å². The van der Waals surface area contributed by atoms with Crippen molar-refractivity contribution < 1.29 is 0 Å². The van der Waals surface area contributed by atoms with Gasteiger partial charge in [0.2, 0.25) is 0 Å². The van der Waals surface area contributed by atoms with Crippen LogP contribution < -0.4 is 0 Å². The Kier molecular flexibility index (Phi) is 7.11. The fraction of sp³-hybridized carbons (Fsp3) is 0.0196. The van der Waals surface area contributed by atoms with Gasteiger partial charge in [0.25, 0.3) is 0 Å². The maximum atomic E-state index is 2.45. The smallest absolute Gasteiger partial charge is 0.0547 e. The van der Waals surface area contributed by atoms with E-state index in [1.54, 1.807) is 0 Å². The molecule has 0 aliphatic heterocycles. The van der Waals surface area contributed by atoms with Gasteiger partial charge in [-0.25, -0.2) is 0 Å². The Balaban J connectivity index is 1.31. The van der Waals surface area contributed by atoms with Crippen LogP contribution in [0.25, 0.3) is 93.5 Å². The Morgan fingerprint density at radius 1 is 0.346 bits per heavy atom. The molecule has 0 amide bonds. The normalized spacial score (nSPS) is 11.6. The molecule has 0 radical (unpaired) electrons. The summed E-state index contributed by atoms with van der Waals surface area (Å²) in [4.78, 5) is 0. The molecule has 0 atom stereocenters. The molecule has 0 spiro atoms. The average Bonchev–Trinajstić information content (AvgIpc) is 3.56. The second kappa shape index (κ2) is 12.3. The third-order valence-corrected chi connectivity index (χ3v) is 10.8. The van der Waals surface area contributed by atoms with E-state index in [4.69, 9.17) is 0 Å². The summed E-state index contributed by atoms with van der Waals surface area (Å²) < 4.78 is 2.45. The number of nitrogens with zero attached hydrogens (tertiary/aromatic N) is 1. The Morgan fingerprint density at radius 2 is 0.942 bits per heavy atom. The minimum absolute atomic E-state index is 1.14.